The second-order valence-electron chi connectivity index (χ2n) is 8.73. The molecule has 4 rings (SSSR count). The second kappa shape index (κ2) is 7.84. The van der Waals surface area contributed by atoms with Crippen LogP contribution in [0.2, 0.25) is 0 Å². The summed E-state index contributed by atoms with van der Waals surface area (Å²) in [5.41, 5.74) is 4.32. The van der Waals surface area contributed by atoms with E-state index in [1.807, 2.05) is 0 Å². The molecule has 2 nitrogen and oxygen atoms in total. The highest BCUT2D eigenvalue weighted by atomic mass is 14.5. The molecule has 1 aromatic carbocycles. The summed E-state index contributed by atoms with van der Waals surface area (Å²) in [6.07, 6.45) is 14.5. The lowest BCUT2D eigenvalue weighted by atomic mass is 9.50. The molecule has 2 bridgehead atoms. The lowest BCUT2D eigenvalue weighted by molar-refractivity contribution is 0.0319. The third kappa shape index (κ3) is 3.27. The van der Waals surface area contributed by atoms with Crippen molar-refractivity contribution < 1.29 is 0 Å². The Labute approximate surface area is 159 Å². The smallest absolute Gasteiger partial charge is 0.101 e. The van der Waals surface area contributed by atoms with E-state index in [2.05, 4.69) is 38.1 Å². The van der Waals surface area contributed by atoms with E-state index in [4.69, 9.17) is 0 Å². The summed E-state index contributed by atoms with van der Waals surface area (Å²) in [4.78, 5) is 0. The minimum Gasteiger partial charge on any atom is -0.192 e. The zero-order valence-electron chi connectivity index (χ0n) is 16.5. The Hall–Kier alpha value is -1.80. The Morgan fingerprint density at radius 3 is 2.04 bits per heavy atom. The van der Waals surface area contributed by atoms with Gasteiger partial charge in [0.05, 0.1) is 11.1 Å². The average molecular weight is 349 g/mol. The molecule has 0 N–H and O–H groups in total. The number of fused-ring (bicyclic) bond motifs is 3. The first kappa shape index (κ1) is 19.0. The molecule has 0 unspecified atom stereocenters. The van der Waals surface area contributed by atoms with E-state index in [0.29, 0.717) is 16.5 Å². The van der Waals surface area contributed by atoms with Crippen molar-refractivity contribution in [3.63, 3.8) is 0 Å². The van der Waals surface area contributed by atoms with Crippen LogP contribution in [0.3, 0.4) is 0 Å². The van der Waals surface area contributed by atoms with E-state index < -0.39 is 0 Å². The van der Waals surface area contributed by atoms with E-state index in [1.54, 1.807) is 0 Å². The van der Waals surface area contributed by atoms with Gasteiger partial charge in [0, 0.05) is 0 Å². The van der Waals surface area contributed by atoms with E-state index in [0.717, 1.165) is 18.4 Å². The lowest BCUT2D eigenvalue weighted by Gasteiger charge is -2.54. The number of benzene rings is 1. The minimum absolute atomic E-state index is 0.147. The standard InChI is InChI=1S/C24H32N2/c1-3-5-6-7-19-8-9-22(21(18-26)20(19)17-25)24-14-11-23(10-4-2,12-15-24)13-16-24/h8-9H,3-7,10-16H2,1-2H3. The fourth-order valence-corrected chi connectivity index (χ4v) is 5.68. The molecule has 0 heterocycles. The fourth-order valence-electron chi connectivity index (χ4n) is 5.68. The largest absolute Gasteiger partial charge is 0.192 e. The summed E-state index contributed by atoms with van der Waals surface area (Å²) < 4.78 is 0. The van der Waals surface area contributed by atoms with E-state index >= 15 is 0 Å². The van der Waals surface area contributed by atoms with Gasteiger partial charge in [-0.2, -0.15) is 10.5 Å². The van der Waals surface area contributed by atoms with Gasteiger partial charge in [-0.25, -0.2) is 0 Å². The summed E-state index contributed by atoms with van der Waals surface area (Å²) >= 11 is 0. The van der Waals surface area contributed by atoms with Crippen LogP contribution >= 0.6 is 0 Å². The van der Waals surface area contributed by atoms with E-state index in [1.165, 1.54) is 69.8 Å². The summed E-state index contributed by atoms with van der Waals surface area (Å²) in [6.45, 7) is 4.49. The molecule has 3 saturated carbocycles. The van der Waals surface area contributed by atoms with Crippen molar-refractivity contribution >= 4 is 0 Å². The topological polar surface area (TPSA) is 47.6 Å². The van der Waals surface area contributed by atoms with Crippen molar-refractivity contribution in [2.75, 3.05) is 0 Å². The van der Waals surface area contributed by atoms with Crippen LogP contribution in [-0.4, -0.2) is 0 Å². The van der Waals surface area contributed by atoms with Crippen molar-refractivity contribution in [2.24, 2.45) is 5.41 Å². The zero-order chi connectivity index (χ0) is 18.6. The van der Waals surface area contributed by atoms with Crippen LogP contribution in [0, 0.1) is 28.1 Å². The second-order valence-corrected chi connectivity index (χ2v) is 8.73. The van der Waals surface area contributed by atoms with Crippen LogP contribution in [0.1, 0.15) is 107 Å². The number of hydrogen-bond acceptors (Lipinski definition) is 2. The van der Waals surface area contributed by atoms with Crippen molar-refractivity contribution in [3.05, 3.63) is 34.4 Å². The van der Waals surface area contributed by atoms with Crippen LogP contribution in [0.5, 0.6) is 0 Å². The maximum absolute atomic E-state index is 9.91. The SMILES string of the molecule is CCCCCc1ccc(C23CCC(CCC)(CC2)CC3)c(C#N)c1C#N. The van der Waals surface area contributed by atoms with Crippen molar-refractivity contribution in [1.82, 2.24) is 0 Å². The summed E-state index contributed by atoms with van der Waals surface area (Å²) in [6, 6.07) is 9.17. The number of nitriles is 2. The maximum atomic E-state index is 9.91. The molecule has 138 valence electrons. The molecule has 3 fully saturated rings. The van der Waals surface area contributed by atoms with Crippen LogP contribution in [-0.2, 0) is 11.8 Å². The number of aryl methyl sites for hydroxylation is 1. The van der Waals surface area contributed by atoms with Gasteiger partial charge in [-0.15, -0.1) is 0 Å². The third-order valence-electron chi connectivity index (χ3n) is 7.32. The molecule has 0 amide bonds. The molecule has 0 saturated heterocycles. The number of nitrogens with zero attached hydrogens (tertiary/aromatic N) is 2. The van der Waals surface area contributed by atoms with Gasteiger partial charge in [-0.05, 0) is 79.7 Å². The molecular formula is C24H32N2. The Morgan fingerprint density at radius 2 is 1.50 bits per heavy atom. The minimum atomic E-state index is 0.147. The zero-order valence-corrected chi connectivity index (χ0v) is 16.5. The van der Waals surface area contributed by atoms with Crippen LogP contribution in [0.15, 0.2) is 12.1 Å². The highest BCUT2D eigenvalue weighted by molar-refractivity contribution is 5.57. The van der Waals surface area contributed by atoms with Gasteiger partial charge in [0.2, 0.25) is 0 Å². The Kier molecular flexibility index (Phi) is 5.72. The summed E-state index contributed by atoms with van der Waals surface area (Å²) in [5, 5.41) is 19.7. The molecule has 0 aliphatic heterocycles. The molecule has 3 aliphatic rings. The molecule has 3 aliphatic carbocycles. The van der Waals surface area contributed by atoms with Gasteiger partial charge >= 0.3 is 0 Å². The highest BCUT2D eigenvalue weighted by Gasteiger charge is 2.49. The van der Waals surface area contributed by atoms with E-state index in [-0.39, 0.29) is 5.41 Å². The van der Waals surface area contributed by atoms with Gasteiger partial charge in [-0.3, -0.25) is 0 Å². The summed E-state index contributed by atoms with van der Waals surface area (Å²) in [5.74, 6) is 0. The van der Waals surface area contributed by atoms with Crippen LogP contribution < -0.4 is 0 Å². The maximum Gasteiger partial charge on any atom is 0.101 e. The molecule has 1 aromatic rings. The fraction of sp³-hybridized carbons (Fsp3) is 0.667. The predicted octanol–water partition coefficient (Wildman–Crippen LogP) is 6.55. The van der Waals surface area contributed by atoms with Crippen molar-refractivity contribution in [1.29, 1.82) is 10.5 Å². The Balaban J connectivity index is 1.92. The number of rotatable bonds is 7. The van der Waals surface area contributed by atoms with Gasteiger partial charge in [0.1, 0.15) is 12.1 Å². The molecule has 2 heteroatoms. The molecule has 26 heavy (non-hydrogen) atoms. The van der Waals surface area contributed by atoms with Crippen molar-refractivity contribution in [3.8, 4) is 12.1 Å². The van der Waals surface area contributed by atoms with Crippen LogP contribution in [0.25, 0.3) is 0 Å². The predicted molar refractivity (Wildman–Crippen MR) is 106 cm³/mol. The van der Waals surface area contributed by atoms with Crippen molar-refractivity contribution in [2.45, 2.75) is 96.3 Å². The molecular weight excluding hydrogens is 316 g/mol. The number of hydrogen-bond donors (Lipinski definition) is 0. The van der Waals surface area contributed by atoms with Gasteiger partial charge in [0.15, 0.2) is 0 Å². The average Bonchev–Trinajstić information content (AvgIpc) is 2.69. The molecule has 0 atom stereocenters. The van der Waals surface area contributed by atoms with Gasteiger partial charge in [0.25, 0.3) is 0 Å². The lowest BCUT2D eigenvalue weighted by Crippen LogP contribution is -2.44. The van der Waals surface area contributed by atoms with E-state index in [9.17, 15) is 10.5 Å². The Morgan fingerprint density at radius 1 is 0.846 bits per heavy atom. The summed E-state index contributed by atoms with van der Waals surface area (Å²) in [7, 11) is 0. The molecule has 0 aromatic heterocycles. The number of unbranched alkanes of at least 4 members (excludes halogenated alkanes) is 2. The normalized spacial score (nSPS) is 27.1. The first-order chi connectivity index (χ1) is 12.6. The van der Waals surface area contributed by atoms with Crippen LogP contribution in [0.4, 0.5) is 0 Å². The Bertz CT molecular complexity index is 707. The first-order valence-electron chi connectivity index (χ1n) is 10.6. The van der Waals surface area contributed by atoms with Gasteiger partial charge < -0.3 is 0 Å². The monoisotopic (exact) mass is 348 g/mol. The highest BCUT2D eigenvalue weighted by Crippen LogP contribution is 2.60. The quantitative estimate of drug-likeness (QED) is 0.524. The first-order valence-corrected chi connectivity index (χ1v) is 10.6. The molecule has 0 spiro atoms. The molecule has 0 radical (unpaired) electrons. The third-order valence-corrected chi connectivity index (χ3v) is 7.32. The van der Waals surface area contributed by atoms with Gasteiger partial charge in [-0.1, -0.05) is 45.2 Å².